The van der Waals surface area contributed by atoms with Crippen molar-refractivity contribution in [3.8, 4) is 0 Å². The molecule has 4 heteroatoms. The van der Waals surface area contributed by atoms with Crippen LogP contribution in [0.3, 0.4) is 0 Å². The zero-order chi connectivity index (χ0) is 12.1. The van der Waals surface area contributed by atoms with Crippen molar-refractivity contribution >= 4 is 5.91 Å². The normalized spacial score (nSPS) is 17.9. The molecule has 0 spiro atoms. The minimum Gasteiger partial charge on any atom is -0.339 e. The SMILES string of the molecule is CN1CCN(CNC(=O)c2ccccc2)CC1. The first kappa shape index (κ1) is 12.1. The highest BCUT2D eigenvalue weighted by molar-refractivity contribution is 5.94. The minimum atomic E-state index is 0.00419. The van der Waals surface area contributed by atoms with Gasteiger partial charge in [0.05, 0.1) is 6.67 Å². The standard InChI is InChI=1S/C13H19N3O/c1-15-7-9-16(10-8-15)11-14-13(17)12-5-3-2-4-6-12/h2-6H,7-11H2,1H3,(H,14,17). The zero-order valence-electron chi connectivity index (χ0n) is 10.2. The third kappa shape index (κ3) is 3.54. The number of nitrogens with one attached hydrogen (secondary N) is 1. The van der Waals surface area contributed by atoms with Crippen LogP contribution in [0.2, 0.25) is 0 Å². The fourth-order valence-corrected chi connectivity index (χ4v) is 1.88. The van der Waals surface area contributed by atoms with Crippen LogP contribution in [0.15, 0.2) is 30.3 Å². The maximum atomic E-state index is 11.8. The second-order valence-electron chi connectivity index (χ2n) is 4.45. The van der Waals surface area contributed by atoms with E-state index in [-0.39, 0.29) is 5.91 Å². The summed E-state index contributed by atoms with van der Waals surface area (Å²) in [6.45, 7) is 4.82. The van der Waals surface area contributed by atoms with E-state index in [2.05, 4.69) is 22.2 Å². The van der Waals surface area contributed by atoms with E-state index in [1.165, 1.54) is 0 Å². The fraction of sp³-hybridized carbons (Fsp3) is 0.462. The van der Waals surface area contributed by atoms with E-state index in [9.17, 15) is 4.79 Å². The van der Waals surface area contributed by atoms with Crippen molar-refractivity contribution < 1.29 is 4.79 Å². The van der Waals surface area contributed by atoms with E-state index in [0.717, 1.165) is 31.7 Å². The van der Waals surface area contributed by atoms with Crippen LogP contribution in [0.1, 0.15) is 10.4 Å². The van der Waals surface area contributed by atoms with Gasteiger partial charge in [0.2, 0.25) is 0 Å². The Morgan fingerprint density at radius 1 is 1.18 bits per heavy atom. The Hall–Kier alpha value is -1.39. The van der Waals surface area contributed by atoms with Crippen molar-refractivity contribution in [2.24, 2.45) is 0 Å². The summed E-state index contributed by atoms with van der Waals surface area (Å²) >= 11 is 0. The van der Waals surface area contributed by atoms with E-state index in [4.69, 9.17) is 0 Å². The summed E-state index contributed by atoms with van der Waals surface area (Å²) in [5.41, 5.74) is 0.724. The van der Waals surface area contributed by atoms with Crippen LogP contribution in [0.25, 0.3) is 0 Å². The van der Waals surface area contributed by atoms with Gasteiger partial charge in [-0.3, -0.25) is 9.69 Å². The minimum absolute atomic E-state index is 0.00419. The number of amides is 1. The molecular formula is C13H19N3O. The monoisotopic (exact) mass is 233 g/mol. The average molecular weight is 233 g/mol. The van der Waals surface area contributed by atoms with E-state index in [1.54, 1.807) is 0 Å². The Balaban J connectivity index is 1.77. The molecule has 2 rings (SSSR count). The molecule has 0 unspecified atom stereocenters. The summed E-state index contributed by atoms with van der Waals surface area (Å²) in [5.74, 6) is 0.00419. The summed E-state index contributed by atoms with van der Waals surface area (Å²) in [5, 5.41) is 2.95. The van der Waals surface area contributed by atoms with Crippen LogP contribution < -0.4 is 5.32 Å². The number of hydrogen-bond donors (Lipinski definition) is 1. The third-order valence-corrected chi connectivity index (χ3v) is 3.10. The summed E-state index contributed by atoms with van der Waals surface area (Å²) in [4.78, 5) is 16.4. The molecule has 1 saturated heterocycles. The first-order valence-corrected chi connectivity index (χ1v) is 6.00. The summed E-state index contributed by atoms with van der Waals surface area (Å²) in [7, 11) is 2.12. The first-order valence-electron chi connectivity index (χ1n) is 6.00. The van der Waals surface area contributed by atoms with Crippen molar-refractivity contribution in [2.75, 3.05) is 39.9 Å². The molecule has 1 aliphatic rings. The van der Waals surface area contributed by atoms with E-state index in [1.807, 2.05) is 30.3 Å². The number of likely N-dealkylation sites (N-methyl/N-ethyl adjacent to an activating group) is 1. The smallest absolute Gasteiger partial charge is 0.252 e. The molecule has 1 heterocycles. The molecule has 1 fully saturated rings. The molecule has 0 bridgehead atoms. The molecule has 17 heavy (non-hydrogen) atoms. The highest BCUT2D eigenvalue weighted by atomic mass is 16.1. The quantitative estimate of drug-likeness (QED) is 0.831. The van der Waals surface area contributed by atoms with E-state index in [0.29, 0.717) is 6.67 Å². The number of carbonyl (C=O) groups is 1. The number of hydrogen-bond acceptors (Lipinski definition) is 3. The molecular weight excluding hydrogens is 214 g/mol. The lowest BCUT2D eigenvalue weighted by atomic mass is 10.2. The Morgan fingerprint density at radius 3 is 2.47 bits per heavy atom. The molecule has 0 saturated carbocycles. The van der Waals surface area contributed by atoms with Crippen LogP contribution in [0.5, 0.6) is 0 Å². The maximum Gasteiger partial charge on any atom is 0.252 e. The molecule has 1 aromatic carbocycles. The third-order valence-electron chi connectivity index (χ3n) is 3.10. The van der Waals surface area contributed by atoms with Crippen molar-refractivity contribution in [1.82, 2.24) is 15.1 Å². The molecule has 0 radical (unpaired) electrons. The maximum absolute atomic E-state index is 11.8. The second-order valence-corrected chi connectivity index (χ2v) is 4.45. The van der Waals surface area contributed by atoms with Gasteiger partial charge in [0.1, 0.15) is 0 Å². The van der Waals surface area contributed by atoms with Gasteiger partial charge in [0.25, 0.3) is 5.91 Å². The lowest BCUT2D eigenvalue weighted by molar-refractivity contribution is 0.0890. The number of benzene rings is 1. The Kier molecular flexibility index (Phi) is 4.12. The van der Waals surface area contributed by atoms with Gasteiger partial charge >= 0.3 is 0 Å². The topological polar surface area (TPSA) is 35.6 Å². The largest absolute Gasteiger partial charge is 0.339 e. The van der Waals surface area contributed by atoms with Crippen molar-refractivity contribution in [3.05, 3.63) is 35.9 Å². The van der Waals surface area contributed by atoms with Crippen LogP contribution in [0, 0.1) is 0 Å². The summed E-state index contributed by atoms with van der Waals surface area (Å²) < 4.78 is 0. The van der Waals surface area contributed by atoms with Crippen molar-refractivity contribution in [3.63, 3.8) is 0 Å². The number of rotatable bonds is 3. The van der Waals surface area contributed by atoms with Crippen LogP contribution >= 0.6 is 0 Å². The Labute approximate surface area is 102 Å². The average Bonchev–Trinajstić information content (AvgIpc) is 2.39. The first-order chi connectivity index (χ1) is 8.25. The Bertz CT molecular complexity index is 358. The van der Waals surface area contributed by atoms with Gasteiger partial charge in [-0.1, -0.05) is 18.2 Å². The molecule has 92 valence electrons. The van der Waals surface area contributed by atoms with Crippen molar-refractivity contribution in [1.29, 1.82) is 0 Å². The second kappa shape index (κ2) is 5.80. The molecule has 1 aliphatic heterocycles. The fourth-order valence-electron chi connectivity index (χ4n) is 1.88. The number of carbonyl (C=O) groups excluding carboxylic acids is 1. The van der Waals surface area contributed by atoms with Crippen molar-refractivity contribution in [2.45, 2.75) is 0 Å². The predicted octanol–water partition coefficient (Wildman–Crippen LogP) is 0.621. The van der Waals surface area contributed by atoms with Gasteiger partial charge in [-0.25, -0.2) is 0 Å². The van der Waals surface area contributed by atoms with Gasteiger partial charge in [-0.2, -0.15) is 0 Å². The molecule has 0 aromatic heterocycles. The molecule has 0 atom stereocenters. The number of nitrogens with zero attached hydrogens (tertiary/aromatic N) is 2. The lowest BCUT2D eigenvalue weighted by Gasteiger charge is -2.32. The predicted molar refractivity (Wildman–Crippen MR) is 67.8 cm³/mol. The van der Waals surface area contributed by atoms with Gasteiger partial charge < -0.3 is 10.2 Å². The Morgan fingerprint density at radius 2 is 1.82 bits per heavy atom. The summed E-state index contributed by atoms with van der Waals surface area (Å²) in [6, 6.07) is 9.34. The van der Waals surface area contributed by atoms with Crippen LogP contribution in [-0.4, -0.2) is 55.6 Å². The van der Waals surface area contributed by atoms with Gasteiger partial charge in [-0.15, -0.1) is 0 Å². The zero-order valence-corrected chi connectivity index (χ0v) is 10.2. The van der Waals surface area contributed by atoms with Crippen LogP contribution in [0.4, 0.5) is 0 Å². The molecule has 1 N–H and O–H groups in total. The molecule has 0 aliphatic carbocycles. The molecule has 1 aromatic rings. The number of piperazine rings is 1. The van der Waals surface area contributed by atoms with E-state index >= 15 is 0 Å². The molecule has 1 amide bonds. The summed E-state index contributed by atoms with van der Waals surface area (Å²) in [6.07, 6.45) is 0. The lowest BCUT2D eigenvalue weighted by Crippen LogP contribution is -2.48. The highest BCUT2D eigenvalue weighted by Gasteiger charge is 2.14. The molecule has 4 nitrogen and oxygen atoms in total. The van der Waals surface area contributed by atoms with Crippen LogP contribution in [-0.2, 0) is 0 Å². The van der Waals surface area contributed by atoms with Gasteiger partial charge in [0.15, 0.2) is 0 Å². The van der Waals surface area contributed by atoms with Gasteiger partial charge in [-0.05, 0) is 19.2 Å². The highest BCUT2D eigenvalue weighted by Crippen LogP contribution is 2.00. The van der Waals surface area contributed by atoms with E-state index < -0.39 is 0 Å². The van der Waals surface area contributed by atoms with Gasteiger partial charge in [0, 0.05) is 31.7 Å².